The number of ether oxygens (including phenoxy) is 1. The SMILES string of the molecule is CCOc1ccc(N(/C(N)=N/N=C/Cc2ccccc2)N2CNCS2)cc1. The highest BCUT2D eigenvalue weighted by atomic mass is 32.2. The van der Waals surface area contributed by atoms with Gasteiger partial charge in [0.15, 0.2) is 0 Å². The molecule has 2 aromatic carbocycles. The Balaban J connectivity index is 1.73. The van der Waals surface area contributed by atoms with Gasteiger partial charge in [-0.25, -0.2) is 5.01 Å². The fourth-order valence-corrected chi connectivity index (χ4v) is 3.37. The molecule has 0 unspecified atom stereocenters. The molecule has 0 aromatic heterocycles. The van der Waals surface area contributed by atoms with Crippen molar-refractivity contribution in [2.75, 3.05) is 24.2 Å². The van der Waals surface area contributed by atoms with Crippen LogP contribution in [0.1, 0.15) is 12.5 Å². The van der Waals surface area contributed by atoms with Crippen LogP contribution in [0.4, 0.5) is 5.69 Å². The minimum absolute atomic E-state index is 0.305. The highest BCUT2D eigenvalue weighted by Gasteiger charge is 2.24. The molecule has 1 aliphatic rings. The number of nitrogens with zero attached hydrogens (tertiary/aromatic N) is 4. The normalized spacial score (nSPS) is 15.4. The maximum Gasteiger partial charge on any atom is 0.236 e. The Labute approximate surface area is 164 Å². The van der Waals surface area contributed by atoms with Gasteiger partial charge in [0.1, 0.15) is 5.75 Å². The number of anilines is 1. The summed E-state index contributed by atoms with van der Waals surface area (Å²) in [5.41, 5.74) is 8.33. The molecule has 0 atom stereocenters. The quantitative estimate of drug-likeness (QED) is 0.331. The van der Waals surface area contributed by atoms with Crippen LogP contribution in [0, 0.1) is 0 Å². The van der Waals surface area contributed by atoms with Gasteiger partial charge in [-0.2, -0.15) is 5.10 Å². The van der Waals surface area contributed by atoms with Gasteiger partial charge in [0.25, 0.3) is 0 Å². The van der Waals surface area contributed by atoms with Crippen LogP contribution >= 0.6 is 11.9 Å². The summed E-state index contributed by atoms with van der Waals surface area (Å²) in [7, 11) is 0. The molecule has 3 N–H and O–H groups in total. The summed E-state index contributed by atoms with van der Waals surface area (Å²) in [6.07, 6.45) is 2.47. The van der Waals surface area contributed by atoms with Crippen molar-refractivity contribution < 1.29 is 4.74 Å². The largest absolute Gasteiger partial charge is 0.494 e. The van der Waals surface area contributed by atoms with Crippen molar-refractivity contribution in [1.82, 2.24) is 9.73 Å². The molecule has 27 heavy (non-hydrogen) atoms. The van der Waals surface area contributed by atoms with Crippen LogP contribution in [0.15, 0.2) is 64.8 Å². The van der Waals surface area contributed by atoms with Crippen LogP contribution < -0.4 is 20.8 Å². The van der Waals surface area contributed by atoms with E-state index >= 15 is 0 Å². The summed E-state index contributed by atoms with van der Waals surface area (Å²) in [6.45, 7) is 3.27. The third-order valence-electron chi connectivity index (χ3n) is 3.81. The molecule has 1 aliphatic heterocycles. The van der Waals surface area contributed by atoms with Crippen molar-refractivity contribution in [2.24, 2.45) is 15.9 Å². The molecule has 0 amide bonds. The van der Waals surface area contributed by atoms with E-state index in [-0.39, 0.29) is 0 Å². The zero-order chi connectivity index (χ0) is 18.9. The predicted octanol–water partition coefficient (Wildman–Crippen LogP) is 2.82. The van der Waals surface area contributed by atoms with E-state index in [2.05, 4.69) is 27.7 Å². The number of nitrogens with two attached hydrogens (primary N) is 1. The van der Waals surface area contributed by atoms with E-state index in [1.807, 2.05) is 58.8 Å². The molecule has 1 fully saturated rings. The van der Waals surface area contributed by atoms with Gasteiger partial charge in [-0.1, -0.05) is 30.3 Å². The van der Waals surface area contributed by atoms with E-state index in [1.54, 1.807) is 18.2 Å². The van der Waals surface area contributed by atoms with Crippen molar-refractivity contribution in [2.45, 2.75) is 13.3 Å². The van der Waals surface area contributed by atoms with E-state index < -0.39 is 0 Å². The lowest BCUT2D eigenvalue weighted by atomic mass is 10.2. The monoisotopic (exact) mass is 384 g/mol. The highest BCUT2D eigenvalue weighted by Crippen LogP contribution is 2.26. The summed E-state index contributed by atoms with van der Waals surface area (Å²) in [4.78, 5) is 0. The Morgan fingerprint density at radius 2 is 2.04 bits per heavy atom. The van der Waals surface area contributed by atoms with Crippen LogP contribution in [0.3, 0.4) is 0 Å². The second-order valence-corrected chi connectivity index (χ2v) is 6.69. The van der Waals surface area contributed by atoms with E-state index in [0.29, 0.717) is 25.7 Å². The summed E-state index contributed by atoms with van der Waals surface area (Å²) in [6, 6.07) is 17.9. The number of hydrazine groups is 1. The number of hydrogen-bond donors (Lipinski definition) is 2. The Morgan fingerprint density at radius 3 is 2.70 bits per heavy atom. The first kappa shape index (κ1) is 19.2. The van der Waals surface area contributed by atoms with Gasteiger partial charge in [-0.3, -0.25) is 5.32 Å². The van der Waals surface area contributed by atoms with E-state index in [0.717, 1.165) is 17.3 Å². The minimum Gasteiger partial charge on any atom is -0.494 e. The first-order valence-electron chi connectivity index (χ1n) is 8.81. The zero-order valence-corrected chi connectivity index (χ0v) is 16.1. The number of hydrogen-bond acceptors (Lipinski definition) is 6. The number of guanidine groups is 1. The van der Waals surface area contributed by atoms with Crippen molar-refractivity contribution in [1.29, 1.82) is 0 Å². The highest BCUT2D eigenvalue weighted by molar-refractivity contribution is 7.97. The summed E-state index contributed by atoms with van der Waals surface area (Å²) >= 11 is 1.63. The van der Waals surface area contributed by atoms with Crippen LogP contribution in [-0.4, -0.2) is 35.7 Å². The molecule has 3 rings (SSSR count). The molecule has 0 saturated carbocycles. The Hall–Kier alpha value is -2.55. The van der Waals surface area contributed by atoms with Gasteiger partial charge in [-0.05, 0) is 48.7 Å². The first-order chi connectivity index (χ1) is 13.3. The molecule has 0 radical (unpaired) electrons. The van der Waals surface area contributed by atoms with Gasteiger partial charge in [0.05, 0.1) is 24.8 Å². The molecule has 142 valence electrons. The fourth-order valence-electron chi connectivity index (χ4n) is 2.56. The Kier molecular flexibility index (Phi) is 7.09. The van der Waals surface area contributed by atoms with E-state index in [9.17, 15) is 0 Å². The molecule has 1 heterocycles. The third kappa shape index (κ3) is 5.46. The van der Waals surface area contributed by atoms with Crippen LogP contribution in [0.25, 0.3) is 0 Å². The van der Waals surface area contributed by atoms with Crippen molar-refractivity contribution in [3.63, 3.8) is 0 Å². The molecular weight excluding hydrogens is 360 g/mol. The van der Waals surface area contributed by atoms with Crippen LogP contribution in [-0.2, 0) is 6.42 Å². The summed E-state index contributed by atoms with van der Waals surface area (Å²) in [5.74, 6) is 1.95. The Bertz CT molecular complexity index is 760. The molecule has 7 nitrogen and oxygen atoms in total. The van der Waals surface area contributed by atoms with E-state index in [1.165, 1.54) is 5.56 Å². The van der Waals surface area contributed by atoms with Crippen molar-refractivity contribution >= 4 is 29.8 Å². The minimum atomic E-state index is 0.305. The second kappa shape index (κ2) is 9.96. The fraction of sp³-hybridized carbons (Fsp3) is 0.263. The van der Waals surface area contributed by atoms with Crippen molar-refractivity contribution in [3.8, 4) is 5.75 Å². The lowest BCUT2D eigenvalue weighted by Crippen LogP contribution is -2.47. The maximum atomic E-state index is 6.25. The second-order valence-electron chi connectivity index (χ2n) is 5.72. The topological polar surface area (TPSA) is 78.5 Å². The standard InChI is InChI=1S/C19H24N6OS/c1-2-26-18-10-8-17(9-11-18)25(24-14-21-15-27-24)19(20)23-22-13-12-16-6-4-3-5-7-16/h3-11,13,21H,2,12,14-15H2,1H3,(H2,20,23)/b22-13+. The smallest absolute Gasteiger partial charge is 0.236 e. The number of nitrogens with one attached hydrogen (secondary N) is 1. The average Bonchev–Trinajstić information content (AvgIpc) is 3.22. The van der Waals surface area contributed by atoms with E-state index in [4.69, 9.17) is 10.5 Å². The summed E-state index contributed by atoms with van der Waals surface area (Å²) < 4.78 is 7.53. The van der Waals surface area contributed by atoms with Gasteiger partial charge in [-0.15, -0.1) is 9.52 Å². The van der Waals surface area contributed by atoms with Gasteiger partial charge >= 0.3 is 0 Å². The van der Waals surface area contributed by atoms with Crippen molar-refractivity contribution in [3.05, 3.63) is 60.2 Å². The maximum absolute atomic E-state index is 6.25. The molecule has 0 bridgehead atoms. The molecule has 0 spiro atoms. The predicted molar refractivity (Wildman–Crippen MR) is 113 cm³/mol. The van der Waals surface area contributed by atoms with Gasteiger partial charge in [0, 0.05) is 12.6 Å². The average molecular weight is 385 g/mol. The molecular formula is C19H24N6OS. The number of benzene rings is 2. The van der Waals surface area contributed by atoms with Crippen LogP contribution in [0.2, 0.25) is 0 Å². The van der Waals surface area contributed by atoms with Gasteiger partial charge < -0.3 is 10.5 Å². The first-order valence-corrected chi connectivity index (χ1v) is 9.75. The zero-order valence-electron chi connectivity index (χ0n) is 15.3. The molecule has 8 heteroatoms. The molecule has 0 aliphatic carbocycles. The Morgan fingerprint density at radius 1 is 1.26 bits per heavy atom. The third-order valence-corrected chi connectivity index (χ3v) is 4.73. The lowest BCUT2D eigenvalue weighted by molar-refractivity contribution is 0.340. The summed E-state index contributed by atoms with van der Waals surface area (Å²) in [5, 5.41) is 13.5. The lowest BCUT2D eigenvalue weighted by Gasteiger charge is -2.30. The van der Waals surface area contributed by atoms with Crippen LogP contribution in [0.5, 0.6) is 5.75 Å². The number of rotatable bonds is 7. The van der Waals surface area contributed by atoms with Gasteiger partial charge in [0.2, 0.25) is 5.96 Å². The molecule has 1 saturated heterocycles. The molecule has 2 aromatic rings.